The molecule has 0 spiro atoms. The van der Waals surface area contributed by atoms with Gasteiger partial charge in [-0.3, -0.25) is 9.69 Å². The summed E-state index contributed by atoms with van der Waals surface area (Å²) in [6, 6.07) is 9.02. The summed E-state index contributed by atoms with van der Waals surface area (Å²) in [6.07, 6.45) is 13.7. The Kier molecular flexibility index (Phi) is 6.88. The fourth-order valence-corrected chi connectivity index (χ4v) is 6.98. The van der Waals surface area contributed by atoms with E-state index in [0.29, 0.717) is 12.0 Å². The lowest BCUT2D eigenvalue weighted by molar-refractivity contribution is 0.0426. The number of carbonyl (C=O) groups excluding carboxylic acids is 1. The number of amides is 1. The Labute approximate surface area is 212 Å². The van der Waals surface area contributed by atoms with Gasteiger partial charge >= 0.3 is 0 Å². The molecular weight excluding hydrogens is 454 g/mol. The van der Waals surface area contributed by atoms with Gasteiger partial charge in [-0.15, -0.1) is 11.3 Å². The largest absolute Gasteiger partial charge is 0.379 e. The van der Waals surface area contributed by atoms with Gasteiger partial charge in [-0.05, 0) is 78.9 Å². The molecule has 4 saturated heterocycles. The van der Waals surface area contributed by atoms with E-state index in [1.54, 1.807) is 11.3 Å². The van der Waals surface area contributed by atoms with Gasteiger partial charge in [-0.25, -0.2) is 0 Å². The molecule has 7 rings (SSSR count). The minimum Gasteiger partial charge on any atom is -0.379 e. The van der Waals surface area contributed by atoms with Crippen molar-refractivity contribution in [1.29, 1.82) is 0 Å². The highest BCUT2D eigenvalue weighted by Crippen LogP contribution is 2.32. The van der Waals surface area contributed by atoms with Gasteiger partial charge in [0.1, 0.15) is 0 Å². The third-order valence-electron chi connectivity index (χ3n) is 7.97. The van der Waals surface area contributed by atoms with Crippen LogP contribution in [0.15, 0.2) is 54.1 Å². The van der Waals surface area contributed by atoms with Crippen LogP contribution in [0.25, 0.3) is 15.7 Å². The van der Waals surface area contributed by atoms with E-state index >= 15 is 0 Å². The van der Waals surface area contributed by atoms with Crippen LogP contribution < -0.4 is 5.32 Å². The zero-order valence-corrected chi connectivity index (χ0v) is 21.2. The highest BCUT2D eigenvalue weighted by Gasteiger charge is 2.33. The van der Waals surface area contributed by atoms with Gasteiger partial charge in [0.25, 0.3) is 5.91 Å². The van der Waals surface area contributed by atoms with Crippen LogP contribution in [0.5, 0.6) is 0 Å². The van der Waals surface area contributed by atoms with Gasteiger partial charge < -0.3 is 15.0 Å². The summed E-state index contributed by atoms with van der Waals surface area (Å²) in [5, 5.41) is 4.54. The van der Waals surface area contributed by atoms with E-state index in [4.69, 9.17) is 4.74 Å². The van der Waals surface area contributed by atoms with Gasteiger partial charge in [-0.2, -0.15) is 0 Å². The van der Waals surface area contributed by atoms with Gasteiger partial charge in [0, 0.05) is 36.9 Å². The second-order valence-corrected chi connectivity index (χ2v) is 11.5. The van der Waals surface area contributed by atoms with Crippen molar-refractivity contribution in [2.45, 2.75) is 31.7 Å². The molecule has 2 aromatic rings. The van der Waals surface area contributed by atoms with Crippen molar-refractivity contribution in [3.63, 3.8) is 0 Å². The Bertz CT molecular complexity index is 1170. The lowest BCUT2D eigenvalue weighted by Gasteiger charge is -2.35. The first-order valence-electron chi connectivity index (χ1n) is 13.1. The molecule has 5 heterocycles. The lowest BCUT2D eigenvalue weighted by atomic mass is 9.90. The molecule has 4 fully saturated rings. The number of nitrogens with one attached hydrogen (secondary N) is 1. The molecular formula is C29H35N3O2S. The molecule has 1 aromatic carbocycles. The van der Waals surface area contributed by atoms with Crippen molar-refractivity contribution in [3.05, 3.63) is 64.6 Å². The number of morpholine rings is 1. The Hall–Kier alpha value is -2.25. The highest BCUT2D eigenvalue weighted by atomic mass is 32.1. The molecule has 5 nitrogen and oxygen atoms in total. The van der Waals surface area contributed by atoms with E-state index in [-0.39, 0.29) is 5.91 Å². The van der Waals surface area contributed by atoms with Crippen LogP contribution in [0.3, 0.4) is 0 Å². The van der Waals surface area contributed by atoms with Crippen LogP contribution in [0.1, 0.15) is 40.9 Å². The standard InChI is InChI=1S/C29H35N3O2S/c33-29(30-26-20-31-10-3-6-22(26)9-11-31)28-18-25-8-7-24(17-27(25)35-28)23-5-2-1-4-21(16-23)19-32-12-14-34-15-13-32/h1-2,4,7-8,16-18,22,26H,3,5-6,9-15,19-20H2,(H,30,33). The number of hydrogen-bond donors (Lipinski definition) is 1. The monoisotopic (exact) mass is 489 g/mol. The zero-order chi connectivity index (χ0) is 23.6. The van der Waals surface area contributed by atoms with Crippen molar-refractivity contribution in [3.8, 4) is 0 Å². The summed E-state index contributed by atoms with van der Waals surface area (Å²) in [5.74, 6) is 0.729. The van der Waals surface area contributed by atoms with E-state index < -0.39 is 0 Å². The molecule has 35 heavy (non-hydrogen) atoms. The van der Waals surface area contributed by atoms with Crippen molar-refractivity contribution in [1.82, 2.24) is 15.1 Å². The predicted octanol–water partition coefficient (Wildman–Crippen LogP) is 4.72. The second kappa shape index (κ2) is 10.4. The molecule has 0 saturated carbocycles. The maximum Gasteiger partial charge on any atom is 0.261 e. The number of carbonyl (C=O) groups is 1. The topological polar surface area (TPSA) is 44.8 Å². The first-order valence-corrected chi connectivity index (χ1v) is 14.0. The van der Waals surface area contributed by atoms with E-state index in [2.05, 4.69) is 63.7 Å². The van der Waals surface area contributed by atoms with Crippen LogP contribution in [0.2, 0.25) is 0 Å². The first-order chi connectivity index (χ1) is 17.2. The fourth-order valence-electron chi connectivity index (χ4n) is 5.97. The first kappa shape index (κ1) is 23.2. The van der Waals surface area contributed by atoms with E-state index in [1.165, 1.54) is 53.8 Å². The van der Waals surface area contributed by atoms with Crippen molar-refractivity contribution in [2.24, 2.45) is 5.92 Å². The molecule has 1 aliphatic carbocycles. The molecule has 6 heteroatoms. The van der Waals surface area contributed by atoms with E-state index in [9.17, 15) is 4.79 Å². The molecule has 184 valence electrons. The maximum atomic E-state index is 13.2. The summed E-state index contributed by atoms with van der Waals surface area (Å²) < 4.78 is 6.69. The third kappa shape index (κ3) is 5.31. The van der Waals surface area contributed by atoms with Crippen LogP contribution in [-0.2, 0) is 4.74 Å². The number of piperidine rings is 1. The minimum atomic E-state index is 0.0962. The van der Waals surface area contributed by atoms with Crippen LogP contribution in [-0.4, -0.2) is 74.2 Å². The smallest absolute Gasteiger partial charge is 0.261 e. The number of fused-ring (bicyclic) bond motifs is 5. The summed E-state index contributed by atoms with van der Waals surface area (Å²) in [7, 11) is 0. The van der Waals surface area contributed by atoms with Crippen LogP contribution >= 0.6 is 11.3 Å². The Morgan fingerprint density at radius 2 is 2.03 bits per heavy atom. The minimum absolute atomic E-state index is 0.0962. The Balaban J connectivity index is 1.18. The molecule has 5 aliphatic rings. The van der Waals surface area contributed by atoms with Gasteiger partial charge in [0.2, 0.25) is 0 Å². The summed E-state index contributed by atoms with van der Waals surface area (Å²) in [5.41, 5.74) is 3.93. The molecule has 3 unspecified atom stereocenters. The van der Waals surface area contributed by atoms with E-state index in [0.717, 1.165) is 56.1 Å². The molecule has 3 atom stereocenters. The highest BCUT2D eigenvalue weighted by molar-refractivity contribution is 7.20. The average Bonchev–Trinajstić information content (AvgIpc) is 3.03. The zero-order valence-electron chi connectivity index (χ0n) is 20.4. The SMILES string of the molecule is O=C(NC1CN2CCCC1CC2)c1cc2ccc(C3=CC(CN4CCOCC4)=CC=CC3)cc2s1. The van der Waals surface area contributed by atoms with Crippen LogP contribution in [0.4, 0.5) is 0 Å². The fraction of sp³-hybridized carbons (Fsp3) is 0.483. The van der Waals surface area contributed by atoms with Crippen molar-refractivity contribution < 1.29 is 9.53 Å². The van der Waals surface area contributed by atoms with Gasteiger partial charge in [-0.1, -0.05) is 36.4 Å². The average molecular weight is 490 g/mol. The Morgan fingerprint density at radius 1 is 1.11 bits per heavy atom. The number of allylic oxidation sites excluding steroid dienone is 4. The normalized spacial score (nSPS) is 27.3. The number of thiophene rings is 1. The number of nitrogens with zero attached hydrogens (tertiary/aromatic N) is 2. The summed E-state index contributed by atoms with van der Waals surface area (Å²) in [6.45, 7) is 7.98. The van der Waals surface area contributed by atoms with Crippen molar-refractivity contribution in [2.75, 3.05) is 52.5 Å². The summed E-state index contributed by atoms with van der Waals surface area (Å²) >= 11 is 1.62. The Morgan fingerprint density at radius 3 is 2.94 bits per heavy atom. The second-order valence-electron chi connectivity index (χ2n) is 10.4. The number of ether oxygens (including phenoxy) is 1. The van der Waals surface area contributed by atoms with Gasteiger partial charge in [0.05, 0.1) is 18.1 Å². The quantitative estimate of drug-likeness (QED) is 0.660. The third-order valence-corrected chi connectivity index (χ3v) is 9.07. The lowest BCUT2D eigenvalue weighted by Crippen LogP contribution is -2.50. The van der Waals surface area contributed by atoms with E-state index in [1.807, 2.05) is 0 Å². The molecule has 4 aliphatic heterocycles. The molecule has 1 amide bonds. The molecule has 1 aromatic heterocycles. The van der Waals surface area contributed by atoms with Crippen LogP contribution in [0, 0.1) is 5.92 Å². The number of benzene rings is 1. The molecule has 0 radical (unpaired) electrons. The maximum absolute atomic E-state index is 13.2. The predicted molar refractivity (Wildman–Crippen MR) is 144 cm³/mol. The van der Waals surface area contributed by atoms with Crippen molar-refractivity contribution >= 4 is 32.9 Å². The number of rotatable bonds is 5. The molecule has 2 bridgehead atoms. The number of hydrogen-bond acceptors (Lipinski definition) is 5. The van der Waals surface area contributed by atoms with Gasteiger partial charge in [0.15, 0.2) is 0 Å². The summed E-state index contributed by atoms with van der Waals surface area (Å²) in [4.78, 5) is 19.0. The molecule has 1 N–H and O–H groups in total.